The van der Waals surface area contributed by atoms with E-state index in [9.17, 15) is 4.79 Å². The van der Waals surface area contributed by atoms with Gasteiger partial charge < -0.3 is 15.2 Å². The Balaban J connectivity index is 1.93. The van der Waals surface area contributed by atoms with Crippen molar-refractivity contribution < 1.29 is 14.3 Å². The molecule has 0 saturated carbocycles. The Bertz CT molecular complexity index is 602. The Morgan fingerprint density at radius 2 is 1.95 bits per heavy atom. The Hall–Kier alpha value is -2.14. The third kappa shape index (κ3) is 4.43. The number of carbonyl (C=O) groups excluding carboxylic acids is 1. The molecular weight excluding hydrogens is 286 g/mol. The summed E-state index contributed by atoms with van der Waals surface area (Å²) in [6.07, 6.45) is 0. The van der Waals surface area contributed by atoms with Crippen LogP contribution in [0.4, 0.5) is 5.69 Å². The van der Waals surface area contributed by atoms with Gasteiger partial charge in [0.15, 0.2) is 0 Å². The van der Waals surface area contributed by atoms with Gasteiger partial charge in [0.2, 0.25) is 0 Å². The first-order chi connectivity index (χ1) is 10.2. The molecule has 5 heteroatoms. The number of hydrogen-bond donors (Lipinski definition) is 1. The van der Waals surface area contributed by atoms with E-state index in [4.69, 9.17) is 15.2 Å². The molecule has 4 nitrogen and oxygen atoms in total. The van der Waals surface area contributed by atoms with E-state index < -0.39 is 5.97 Å². The molecule has 0 aliphatic heterocycles. The number of anilines is 1. The summed E-state index contributed by atoms with van der Waals surface area (Å²) in [6.45, 7) is 0.479. The Morgan fingerprint density at radius 3 is 2.67 bits per heavy atom. The summed E-state index contributed by atoms with van der Waals surface area (Å²) < 4.78 is 10.4. The lowest BCUT2D eigenvalue weighted by Gasteiger charge is -2.11. The van der Waals surface area contributed by atoms with Gasteiger partial charge in [-0.3, -0.25) is 0 Å². The quantitative estimate of drug-likeness (QED) is 0.384. The molecular formula is C16H17NO3S. The van der Waals surface area contributed by atoms with Crippen LogP contribution in [0.5, 0.6) is 5.75 Å². The minimum atomic E-state index is -0.430. The van der Waals surface area contributed by atoms with Gasteiger partial charge in [0, 0.05) is 22.4 Å². The molecule has 21 heavy (non-hydrogen) atoms. The Labute approximate surface area is 128 Å². The Kier molecular flexibility index (Phi) is 5.51. The summed E-state index contributed by atoms with van der Waals surface area (Å²) in [4.78, 5) is 12.8. The van der Waals surface area contributed by atoms with Crippen molar-refractivity contribution in [3.8, 4) is 5.75 Å². The van der Waals surface area contributed by atoms with Gasteiger partial charge in [0.25, 0.3) is 0 Å². The largest absolute Gasteiger partial charge is 0.492 e. The van der Waals surface area contributed by atoms with Gasteiger partial charge in [0.1, 0.15) is 11.3 Å². The summed E-state index contributed by atoms with van der Waals surface area (Å²) in [5.41, 5.74) is 6.66. The van der Waals surface area contributed by atoms with Crippen molar-refractivity contribution in [2.45, 2.75) is 4.90 Å². The zero-order chi connectivity index (χ0) is 15.1. The summed E-state index contributed by atoms with van der Waals surface area (Å²) >= 11 is 1.69. The second kappa shape index (κ2) is 7.59. The van der Waals surface area contributed by atoms with Crippen LogP contribution in [-0.2, 0) is 4.74 Å². The molecule has 2 aromatic carbocycles. The predicted octanol–water partition coefficient (Wildman–Crippen LogP) is 3.23. The van der Waals surface area contributed by atoms with E-state index in [1.54, 1.807) is 30.0 Å². The van der Waals surface area contributed by atoms with Crippen molar-refractivity contribution in [1.82, 2.24) is 0 Å². The first kappa shape index (κ1) is 15.3. The van der Waals surface area contributed by atoms with E-state index in [1.807, 2.05) is 30.3 Å². The van der Waals surface area contributed by atoms with E-state index in [2.05, 4.69) is 0 Å². The highest BCUT2D eigenvalue weighted by Gasteiger charge is 2.13. The molecule has 0 aromatic heterocycles. The SMILES string of the molecule is COC(=O)c1ccc(N)cc1OCCSc1ccccc1. The predicted molar refractivity (Wildman–Crippen MR) is 84.9 cm³/mol. The third-order valence-electron chi connectivity index (χ3n) is 2.76. The highest BCUT2D eigenvalue weighted by Crippen LogP contribution is 2.23. The molecule has 2 rings (SSSR count). The van der Waals surface area contributed by atoms with Crippen LogP contribution in [0, 0.1) is 0 Å². The van der Waals surface area contributed by atoms with Crippen molar-refractivity contribution in [1.29, 1.82) is 0 Å². The fourth-order valence-corrected chi connectivity index (χ4v) is 2.52. The first-order valence-electron chi connectivity index (χ1n) is 6.49. The molecule has 0 saturated heterocycles. The molecule has 0 fully saturated rings. The van der Waals surface area contributed by atoms with Crippen molar-refractivity contribution >= 4 is 23.4 Å². The molecule has 0 heterocycles. The minimum absolute atomic E-state index is 0.386. The summed E-state index contributed by atoms with van der Waals surface area (Å²) in [5, 5.41) is 0. The Morgan fingerprint density at radius 1 is 1.19 bits per heavy atom. The van der Waals surface area contributed by atoms with Crippen molar-refractivity contribution in [3.05, 3.63) is 54.1 Å². The average molecular weight is 303 g/mol. The van der Waals surface area contributed by atoms with Crippen molar-refractivity contribution in [2.75, 3.05) is 25.2 Å². The van der Waals surface area contributed by atoms with E-state index in [-0.39, 0.29) is 0 Å². The molecule has 0 radical (unpaired) electrons. The highest BCUT2D eigenvalue weighted by molar-refractivity contribution is 7.99. The lowest BCUT2D eigenvalue weighted by molar-refractivity contribution is 0.0596. The topological polar surface area (TPSA) is 61.5 Å². The van der Waals surface area contributed by atoms with Gasteiger partial charge in [-0.05, 0) is 24.3 Å². The van der Waals surface area contributed by atoms with Crippen LogP contribution in [0.15, 0.2) is 53.4 Å². The zero-order valence-corrected chi connectivity index (χ0v) is 12.6. The normalized spacial score (nSPS) is 10.1. The van der Waals surface area contributed by atoms with Gasteiger partial charge in [-0.1, -0.05) is 18.2 Å². The monoisotopic (exact) mass is 303 g/mol. The van der Waals surface area contributed by atoms with Gasteiger partial charge in [-0.15, -0.1) is 11.8 Å². The number of carbonyl (C=O) groups is 1. The second-order valence-corrected chi connectivity index (χ2v) is 5.43. The molecule has 0 aliphatic carbocycles. The zero-order valence-electron chi connectivity index (χ0n) is 11.7. The maximum Gasteiger partial charge on any atom is 0.341 e. The van der Waals surface area contributed by atoms with Crippen LogP contribution in [-0.4, -0.2) is 25.4 Å². The number of benzene rings is 2. The van der Waals surface area contributed by atoms with E-state index in [0.29, 0.717) is 23.6 Å². The number of methoxy groups -OCH3 is 1. The van der Waals surface area contributed by atoms with Gasteiger partial charge in [0.05, 0.1) is 13.7 Å². The molecule has 0 aliphatic rings. The number of esters is 1. The molecule has 2 N–H and O–H groups in total. The fourth-order valence-electron chi connectivity index (χ4n) is 1.76. The van der Waals surface area contributed by atoms with Crippen LogP contribution in [0.3, 0.4) is 0 Å². The van der Waals surface area contributed by atoms with Gasteiger partial charge in [-0.25, -0.2) is 4.79 Å². The minimum Gasteiger partial charge on any atom is -0.492 e. The van der Waals surface area contributed by atoms with E-state index in [0.717, 1.165) is 5.75 Å². The van der Waals surface area contributed by atoms with Crippen LogP contribution in [0.2, 0.25) is 0 Å². The molecule has 0 bridgehead atoms. The van der Waals surface area contributed by atoms with Crippen LogP contribution >= 0.6 is 11.8 Å². The van der Waals surface area contributed by atoms with Gasteiger partial charge in [-0.2, -0.15) is 0 Å². The van der Waals surface area contributed by atoms with Crippen molar-refractivity contribution in [2.24, 2.45) is 0 Å². The summed E-state index contributed by atoms with van der Waals surface area (Å²) in [5.74, 6) is 0.801. The second-order valence-electron chi connectivity index (χ2n) is 4.26. The smallest absolute Gasteiger partial charge is 0.341 e. The van der Waals surface area contributed by atoms with Gasteiger partial charge >= 0.3 is 5.97 Å². The number of thioether (sulfide) groups is 1. The standard InChI is InChI=1S/C16H17NO3S/c1-19-16(18)14-8-7-12(17)11-15(14)20-9-10-21-13-5-3-2-4-6-13/h2-8,11H,9-10,17H2,1H3. The number of rotatable bonds is 6. The maximum absolute atomic E-state index is 11.7. The number of nitrogen functional groups attached to an aromatic ring is 1. The summed E-state index contributed by atoms with van der Waals surface area (Å²) in [7, 11) is 1.34. The van der Waals surface area contributed by atoms with E-state index >= 15 is 0 Å². The number of ether oxygens (including phenoxy) is 2. The molecule has 0 atom stereocenters. The third-order valence-corrected chi connectivity index (χ3v) is 3.74. The molecule has 0 unspecified atom stereocenters. The van der Waals surface area contributed by atoms with Crippen LogP contribution in [0.1, 0.15) is 10.4 Å². The molecule has 110 valence electrons. The molecule has 2 aromatic rings. The molecule has 0 amide bonds. The van der Waals surface area contributed by atoms with Crippen LogP contribution < -0.4 is 10.5 Å². The maximum atomic E-state index is 11.7. The lowest BCUT2D eigenvalue weighted by atomic mass is 10.2. The fraction of sp³-hybridized carbons (Fsp3) is 0.188. The lowest BCUT2D eigenvalue weighted by Crippen LogP contribution is -2.08. The molecule has 0 spiro atoms. The van der Waals surface area contributed by atoms with Crippen molar-refractivity contribution in [3.63, 3.8) is 0 Å². The first-order valence-corrected chi connectivity index (χ1v) is 7.48. The number of nitrogens with two attached hydrogens (primary N) is 1. The highest BCUT2D eigenvalue weighted by atomic mass is 32.2. The average Bonchev–Trinajstić information content (AvgIpc) is 2.52. The van der Waals surface area contributed by atoms with Crippen LogP contribution in [0.25, 0.3) is 0 Å². The van der Waals surface area contributed by atoms with E-state index in [1.165, 1.54) is 12.0 Å². The summed E-state index contributed by atoms with van der Waals surface area (Å²) in [6, 6.07) is 15.0. The number of hydrogen-bond acceptors (Lipinski definition) is 5.